The lowest BCUT2D eigenvalue weighted by molar-refractivity contribution is -0.142. The predicted molar refractivity (Wildman–Crippen MR) is 104 cm³/mol. The molecule has 27 heavy (non-hydrogen) atoms. The van der Waals surface area contributed by atoms with Crippen molar-refractivity contribution in [1.29, 1.82) is 0 Å². The third-order valence-corrected chi connectivity index (χ3v) is 5.41. The fourth-order valence-corrected chi connectivity index (χ4v) is 3.68. The molecule has 0 fully saturated rings. The van der Waals surface area contributed by atoms with Crippen molar-refractivity contribution < 1.29 is 23.1 Å². The maximum Gasteiger partial charge on any atom is 0.326 e. The van der Waals surface area contributed by atoms with Gasteiger partial charge >= 0.3 is 5.97 Å². The zero-order valence-corrected chi connectivity index (χ0v) is 16.8. The van der Waals surface area contributed by atoms with Gasteiger partial charge in [-0.05, 0) is 44.2 Å². The van der Waals surface area contributed by atoms with Crippen molar-refractivity contribution in [2.75, 3.05) is 0 Å². The standard InChI is InChI=1S/C19H28N2O5S/c1-5-6-7-16(19(23)24)20-18(22)17(12-13(2)3)21-27(25,26)15-10-8-14(4)9-11-15/h5,8-11,13,16-17,21H,1,6-7,12H2,2-4H3,(H,20,22)(H,23,24). The average Bonchev–Trinajstić information content (AvgIpc) is 2.57. The Hall–Kier alpha value is -2.19. The van der Waals surface area contributed by atoms with Crippen LogP contribution in [0, 0.1) is 12.8 Å². The minimum atomic E-state index is -3.91. The van der Waals surface area contributed by atoms with Crippen molar-refractivity contribution in [1.82, 2.24) is 10.0 Å². The molecule has 1 aromatic rings. The summed E-state index contributed by atoms with van der Waals surface area (Å²) < 4.78 is 27.6. The number of carbonyl (C=O) groups is 2. The number of sulfonamides is 1. The second kappa shape index (κ2) is 10.2. The van der Waals surface area contributed by atoms with Crippen LogP contribution in [-0.4, -0.2) is 37.5 Å². The minimum absolute atomic E-state index is 0.0259. The van der Waals surface area contributed by atoms with Crippen molar-refractivity contribution in [2.24, 2.45) is 5.92 Å². The van der Waals surface area contributed by atoms with Crippen molar-refractivity contribution in [3.8, 4) is 0 Å². The topological polar surface area (TPSA) is 113 Å². The van der Waals surface area contributed by atoms with E-state index < -0.39 is 34.0 Å². The number of benzene rings is 1. The van der Waals surface area contributed by atoms with E-state index in [2.05, 4.69) is 16.6 Å². The van der Waals surface area contributed by atoms with Crippen LogP contribution in [0.15, 0.2) is 41.8 Å². The summed E-state index contributed by atoms with van der Waals surface area (Å²) >= 11 is 0. The Morgan fingerprint density at radius 3 is 2.26 bits per heavy atom. The number of nitrogens with one attached hydrogen (secondary N) is 2. The largest absolute Gasteiger partial charge is 0.480 e. The van der Waals surface area contributed by atoms with Crippen molar-refractivity contribution in [3.63, 3.8) is 0 Å². The molecule has 1 amide bonds. The summed E-state index contributed by atoms with van der Waals surface area (Å²) in [7, 11) is -3.91. The molecule has 8 heteroatoms. The van der Waals surface area contributed by atoms with Gasteiger partial charge in [-0.15, -0.1) is 6.58 Å². The molecule has 150 valence electrons. The molecule has 2 unspecified atom stereocenters. The Morgan fingerprint density at radius 1 is 1.19 bits per heavy atom. The number of aliphatic carboxylic acids is 1. The fraction of sp³-hybridized carbons (Fsp3) is 0.474. The number of aryl methyl sites for hydroxylation is 1. The van der Waals surface area contributed by atoms with Gasteiger partial charge in [0.1, 0.15) is 12.1 Å². The summed E-state index contributed by atoms with van der Waals surface area (Å²) in [5, 5.41) is 11.7. The molecule has 1 aromatic carbocycles. The monoisotopic (exact) mass is 396 g/mol. The van der Waals surface area contributed by atoms with Crippen molar-refractivity contribution >= 4 is 21.9 Å². The molecular formula is C19H28N2O5S. The summed E-state index contributed by atoms with van der Waals surface area (Å²) in [5.41, 5.74) is 0.914. The second-order valence-corrected chi connectivity index (χ2v) is 8.60. The van der Waals surface area contributed by atoms with E-state index in [1.54, 1.807) is 18.2 Å². The lowest BCUT2D eigenvalue weighted by Crippen LogP contribution is -2.51. The van der Waals surface area contributed by atoms with Crippen LogP contribution in [0.1, 0.15) is 38.7 Å². The van der Waals surface area contributed by atoms with Gasteiger partial charge in [0, 0.05) is 0 Å². The normalized spacial score (nSPS) is 13.8. The molecule has 0 aliphatic rings. The van der Waals surface area contributed by atoms with Crippen LogP contribution >= 0.6 is 0 Å². The Kier molecular flexibility index (Phi) is 8.65. The van der Waals surface area contributed by atoms with Crippen LogP contribution in [-0.2, 0) is 19.6 Å². The molecule has 0 heterocycles. The van der Waals surface area contributed by atoms with Gasteiger partial charge in [0.05, 0.1) is 4.90 Å². The van der Waals surface area contributed by atoms with Crippen LogP contribution < -0.4 is 10.0 Å². The first-order valence-electron chi connectivity index (χ1n) is 8.80. The molecule has 2 atom stereocenters. The SMILES string of the molecule is C=CCCC(NC(=O)C(CC(C)C)NS(=O)(=O)c1ccc(C)cc1)C(=O)O. The van der Waals surface area contributed by atoms with E-state index in [1.807, 2.05) is 20.8 Å². The second-order valence-electron chi connectivity index (χ2n) is 6.88. The molecule has 0 aliphatic heterocycles. The minimum Gasteiger partial charge on any atom is -0.480 e. The molecule has 3 N–H and O–H groups in total. The molecule has 0 saturated carbocycles. The van der Waals surface area contributed by atoms with E-state index in [0.717, 1.165) is 5.56 Å². The number of hydrogen-bond donors (Lipinski definition) is 3. The average molecular weight is 397 g/mol. The number of hydrogen-bond acceptors (Lipinski definition) is 4. The number of rotatable bonds is 11. The van der Waals surface area contributed by atoms with E-state index in [1.165, 1.54) is 12.1 Å². The van der Waals surface area contributed by atoms with Crippen molar-refractivity contribution in [2.45, 2.75) is 57.0 Å². The predicted octanol–water partition coefficient (Wildman–Crippen LogP) is 2.22. The van der Waals surface area contributed by atoms with Crippen LogP contribution in [0.5, 0.6) is 0 Å². The van der Waals surface area contributed by atoms with Crippen LogP contribution in [0.4, 0.5) is 0 Å². The summed E-state index contributed by atoms with van der Waals surface area (Å²) in [5.74, 6) is -1.80. The molecular weight excluding hydrogens is 368 g/mol. The molecule has 0 radical (unpaired) electrons. The third kappa shape index (κ3) is 7.52. The van der Waals surface area contributed by atoms with Gasteiger partial charge in [0.2, 0.25) is 15.9 Å². The molecule has 0 spiro atoms. The zero-order chi connectivity index (χ0) is 20.6. The van der Waals surface area contributed by atoms with Crippen LogP contribution in [0.25, 0.3) is 0 Å². The van der Waals surface area contributed by atoms with Gasteiger partial charge < -0.3 is 10.4 Å². The highest BCUT2D eigenvalue weighted by Gasteiger charge is 2.29. The first kappa shape index (κ1) is 22.9. The molecule has 0 bridgehead atoms. The van der Waals surface area contributed by atoms with Crippen LogP contribution in [0.2, 0.25) is 0 Å². The first-order chi connectivity index (χ1) is 12.6. The van der Waals surface area contributed by atoms with Gasteiger partial charge in [-0.2, -0.15) is 4.72 Å². The Morgan fingerprint density at radius 2 is 1.78 bits per heavy atom. The lowest BCUT2D eigenvalue weighted by atomic mass is 10.0. The maximum atomic E-state index is 12.6. The van der Waals surface area contributed by atoms with Gasteiger partial charge in [0.25, 0.3) is 0 Å². The number of amides is 1. The lowest BCUT2D eigenvalue weighted by Gasteiger charge is -2.22. The van der Waals surface area contributed by atoms with E-state index >= 15 is 0 Å². The Bertz CT molecular complexity index is 757. The summed E-state index contributed by atoms with van der Waals surface area (Å²) in [6.45, 7) is 9.09. The van der Waals surface area contributed by atoms with E-state index in [9.17, 15) is 23.1 Å². The number of allylic oxidation sites excluding steroid dienone is 1. The summed E-state index contributed by atoms with van der Waals surface area (Å²) in [6, 6.07) is 4.10. The molecule has 7 nitrogen and oxygen atoms in total. The highest BCUT2D eigenvalue weighted by atomic mass is 32.2. The number of carbonyl (C=O) groups excluding carboxylic acids is 1. The highest BCUT2D eigenvalue weighted by molar-refractivity contribution is 7.89. The third-order valence-electron chi connectivity index (χ3n) is 3.93. The maximum absolute atomic E-state index is 12.6. The van der Waals surface area contributed by atoms with E-state index in [4.69, 9.17) is 0 Å². The molecule has 1 rings (SSSR count). The van der Waals surface area contributed by atoms with E-state index in [-0.39, 0.29) is 23.7 Å². The molecule has 0 aromatic heterocycles. The number of carboxylic acid groups (broad SMARTS) is 1. The van der Waals surface area contributed by atoms with E-state index in [0.29, 0.717) is 6.42 Å². The Labute approximate surface area is 160 Å². The van der Waals surface area contributed by atoms with Gasteiger partial charge in [-0.3, -0.25) is 4.79 Å². The van der Waals surface area contributed by atoms with Gasteiger partial charge in [-0.25, -0.2) is 13.2 Å². The van der Waals surface area contributed by atoms with Gasteiger partial charge in [-0.1, -0.05) is 37.6 Å². The molecule has 0 saturated heterocycles. The Balaban J connectivity index is 2.99. The number of carboxylic acids is 1. The molecule has 0 aliphatic carbocycles. The quantitative estimate of drug-likeness (QED) is 0.497. The summed E-state index contributed by atoms with van der Waals surface area (Å²) in [4.78, 5) is 24.0. The zero-order valence-electron chi connectivity index (χ0n) is 15.9. The first-order valence-corrected chi connectivity index (χ1v) is 10.3. The highest BCUT2D eigenvalue weighted by Crippen LogP contribution is 2.14. The van der Waals surface area contributed by atoms with Gasteiger partial charge in [0.15, 0.2) is 0 Å². The van der Waals surface area contributed by atoms with Crippen molar-refractivity contribution in [3.05, 3.63) is 42.5 Å². The smallest absolute Gasteiger partial charge is 0.326 e. The summed E-state index contributed by atoms with van der Waals surface area (Å²) in [6.07, 6.45) is 2.41. The fourth-order valence-electron chi connectivity index (χ4n) is 2.47. The van der Waals surface area contributed by atoms with Crippen LogP contribution in [0.3, 0.4) is 0 Å².